The molecule has 0 spiro atoms. The van der Waals surface area contributed by atoms with Crippen molar-refractivity contribution in [3.05, 3.63) is 0 Å². The second-order valence-electron chi connectivity index (χ2n) is 1.51. The molecule has 0 saturated carbocycles. The van der Waals surface area contributed by atoms with Gasteiger partial charge in [0.05, 0.1) is 0 Å². The Morgan fingerprint density at radius 3 is 2.00 bits per heavy atom. The Morgan fingerprint density at radius 1 is 1.57 bits per heavy atom. The Kier molecular flexibility index (Phi) is 3.00. The molecule has 3 heteroatoms. The van der Waals surface area contributed by atoms with Gasteiger partial charge in [-0.3, -0.25) is 0 Å². The maximum absolute atomic E-state index is 10.5. The molecule has 0 N–H and O–H groups in total. The smallest absolute Gasteiger partial charge is 0.000791 e. The van der Waals surface area contributed by atoms with E-state index in [-0.39, 0.29) is 5.25 Å². The third kappa shape index (κ3) is 2.62. The van der Waals surface area contributed by atoms with Crippen molar-refractivity contribution in [2.45, 2.75) is 19.1 Å². The Morgan fingerprint density at radius 2 is 2.00 bits per heavy atom. The van der Waals surface area contributed by atoms with Crippen molar-refractivity contribution in [2.24, 2.45) is 4.36 Å². The maximum Gasteiger partial charge on any atom is 0.000791 e. The lowest BCUT2D eigenvalue weighted by Gasteiger charge is -2.03. The van der Waals surface area contributed by atoms with Gasteiger partial charge >= 0.3 is 0 Å². The topological polar surface area (TPSA) is 29.4 Å². The fourth-order valence-corrected chi connectivity index (χ4v) is 0.632. The van der Waals surface area contributed by atoms with E-state index in [9.17, 15) is 4.21 Å². The standard InChI is InChI=1S/C4H10NOS/c1-4(2)7(6)5-3/h4H,1-3H3/q-1. The first-order valence-electron chi connectivity index (χ1n) is 2.19. The van der Waals surface area contributed by atoms with Gasteiger partial charge in [0, 0.05) is 7.05 Å². The molecule has 0 unspecified atom stereocenters. The minimum absolute atomic E-state index is 0.171. The third-order valence-corrected chi connectivity index (χ3v) is 1.75. The zero-order valence-corrected chi connectivity index (χ0v) is 5.66. The van der Waals surface area contributed by atoms with Crippen LogP contribution in [0.5, 0.6) is 0 Å². The summed E-state index contributed by atoms with van der Waals surface area (Å²) in [6, 6.07) is 0. The van der Waals surface area contributed by atoms with Gasteiger partial charge in [-0.2, -0.15) is 10.6 Å². The van der Waals surface area contributed by atoms with Crippen LogP contribution in [0.25, 0.3) is 0 Å². The zero-order chi connectivity index (χ0) is 5.86. The summed E-state index contributed by atoms with van der Waals surface area (Å²) in [5.74, 6) is 0. The van der Waals surface area contributed by atoms with Gasteiger partial charge in [-0.15, -0.1) is 0 Å². The molecule has 7 heavy (non-hydrogen) atoms. The second-order valence-corrected chi connectivity index (χ2v) is 3.37. The minimum Gasteiger partial charge on any atom is -0.444 e. The van der Waals surface area contributed by atoms with E-state index in [0.717, 1.165) is 0 Å². The van der Waals surface area contributed by atoms with Crippen molar-refractivity contribution in [2.75, 3.05) is 7.05 Å². The maximum atomic E-state index is 10.5. The van der Waals surface area contributed by atoms with Crippen molar-refractivity contribution in [3.8, 4) is 0 Å². The molecule has 0 rings (SSSR count). The van der Waals surface area contributed by atoms with E-state index in [1.165, 1.54) is 0 Å². The van der Waals surface area contributed by atoms with Crippen molar-refractivity contribution >= 4 is 10.6 Å². The van der Waals surface area contributed by atoms with Gasteiger partial charge in [0.25, 0.3) is 0 Å². The molecule has 44 valence electrons. The molecule has 0 atom stereocenters. The van der Waals surface area contributed by atoms with Crippen LogP contribution in [0.4, 0.5) is 0 Å². The molecular weight excluding hydrogens is 110 g/mol. The van der Waals surface area contributed by atoms with E-state index < -0.39 is 10.6 Å². The predicted octanol–water partition coefficient (Wildman–Crippen LogP) is 1.17. The van der Waals surface area contributed by atoms with Gasteiger partial charge in [-0.05, 0) is 0 Å². The quantitative estimate of drug-likeness (QED) is 0.478. The molecule has 0 amide bonds. The molecular formula is C4H10NOS-. The van der Waals surface area contributed by atoms with E-state index >= 15 is 0 Å². The van der Waals surface area contributed by atoms with Crippen molar-refractivity contribution in [1.29, 1.82) is 0 Å². The average molecular weight is 120 g/mol. The molecule has 0 radical (unpaired) electrons. The minimum atomic E-state index is -0.954. The third-order valence-electron chi connectivity index (χ3n) is 0.583. The van der Waals surface area contributed by atoms with Crippen LogP contribution in [0.2, 0.25) is 0 Å². The molecule has 0 aliphatic heterocycles. The fraction of sp³-hybridized carbons (Fsp3) is 1.00. The van der Waals surface area contributed by atoms with Crippen LogP contribution in [-0.4, -0.2) is 12.3 Å². The second kappa shape index (κ2) is 3.02. The van der Waals surface area contributed by atoms with Gasteiger partial charge in [-0.25, -0.2) is 0 Å². The van der Waals surface area contributed by atoms with Gasteiger partial charge in [0.1, 0.15) is 0 Å². The van der Waals surface area contributed by atoms with Crippen molar-refractivity contribution in [1.82, 2.24) is 0 Å². The van der Waals surface area contributed by atoms with E-state index in [0.29, 0.717) is 0 Å². The molecule has 0 aromatic heterocycles. The van der Waals surface area contributed by atoms with Crippen LogP contribution < -0.4 is 0 Å². The number of hydrogen-bond donors (Lipinski definition) is 0. The Hall–Kier alpha value is -0.0500. The summed E-state index contributed by atoms with van der Waals surface area (Å²) < 4.78 is 14.0. The summed E-state index contributed by atoms with van der Waals surface area (Å²) in [5, 5.41) is 0.171. The first-order valence-corrected chi connectivity index (χ1v) is 3.36. The van der Waals surface area contributed by atoms with Crippen LogP contribution >= 0.6 is 0 Å². The van der Waals surface area contributed by atoms with Crippen LogP contribution in [0.3, 0.4) is 0 Å². The summed E-state index contributed by atoms with van der Waals surface area (Å²) in [4.78, 5) is 0. The van der Waals surface area contributed by atoms with Gasteiger partial charge < -0.3 is 8.57 Å². The molecule has 0 aliphatic rings. The first-order chi connectivity index (χ1) is 3.18. The average Bonchev–Trinajstić information content (AvgIpc) is 1.65. The van der Waals surface area contributed by atoms with Crippen molar-refractivity contribution < 1.29 is 4.21 Å². The van der Waals surface area contributed by atoms with Gasteiger partial charge in [0.15, 0.2) is 0 Å². The molecule has 0 aromatic carbocycles. The molecule has 0 aromatic rings. The lowest BCUT2D eigenvalue weighted by Crippen LogP contribution is -1.93. The first kappa shape index (κ1) is 6.95. The highest BCUT2D eigenvalue weighted by atomic mass is 32.2. The molecule has 0 saturated heterocycles. The highest BCUT2D eigenvalue weighted by Gasteiger charge is 1.74. The summed E-state index contributed by atoms with van der Waals surface area (Å²) in [7, 11) is 0.612. The van der Waals surface area contributed by atoms with Gasteiger partial charge in [0.2, 0.25) is 0 Å². The normalized spacial score (nSPS) is 15.4. The Bertz CT molecular complexity index is 113. The lowest BCUT2D eigenvalue weighted by atomic mass is 10.6. The van der Waals surface area contributed by atoms with Gasteiger partial charge in [-0.1, -0.05) is 19.1 Å². The Labute approximate surface area is 46.1 Å². The van der Waals surface area contributed by atoms with E-state index in [1.54, 1.807) is 7.05 Å². The summed E-state index contributed by atoms with van der Waals surface area (Å²) in [6.45, 7) is 3.76. The molecule has 0 heterocycles. The number of rotatable bonds is 1. The molecule has 0 bridgehead atoms. The number of hydrogen-bond acceptors (Lipinski definition) is 3. The molecule has 0 fully saturated rings. The molecule has 0 aliphatic carbocycles. The highest BCUT2D eigenvalue weighted by Crippen LogP contribution is 1.84. The highest BCUT2D eigenvalue weighted by molar-refractivity contribution is 7.75. The van der Waals surface area contributed by atoms with Crippen LogP contribution in [-0.2, 0) is 14.8 Å². The van der Waals surface area contributed by atoms with Crippen LogP contribution in [0.1, 0.15) is 13.8 Å². The summed E-state index contributed by atoms with van der Waals surface area (Å²) >= 11 is 0. The molecule has 2 nitrogen and oxygen atoms in total. The van der Waals surface area contributed by atoms with E-state index in [1.807, 2.05) is 13.8 Å². The van der Waals surface area contributed by atoms with Crippen molar-refractivity contribution in [3.63, 3.8) is 0 Å². The van der Waals surface area contributed by atoms with E-state index in [4.69, 9.17) is 0 Å². The zero-order valence-electron chi connectivity index (χ0n) is 4.84. The Balaban J connectivity index is 3.83. The largest absolute Gasteiger partial charge is 0.444 e. The lowest BCUT2D eigenvalue weighted by molar-refractivity contribution is 0.595. The summed E-state index contributed by atoms with van der Waals surface area (Å²) in [6.07, 6.45) is 0. The SMILES string of the molecule is CN=[S-](=O)C(C)C. The monoisotopic (exact) mass is 120 g/mol. The predicted molar refractivity (Wildman–Crippen MR) is 31.5 cm³/mol. The fourth-order valence-electron chi connectivity index (χ4n) is 0.211. The summed E-state index contributed by atoms with van der Waals surface area (Å²) in [5.41, 5.74) is 0. The van der Waals surface area contributed by atoms with E-state index in [2.05, 4.69) is 4.36 Å². The van der Waals surface area contributed by atoms with Crippen LogP contribution in [0.15, 0.2) is 4.36 Å². The number of nitrogens with zero attached hydrogens (tertiary/aromatic N) is 1. The van der Waals surface area contributed by atoms with Crippen LogP contribution in [0, 0.1) is 0 Å².